The van der Waals surface area contributed by atoms with E-state index in [1.807, 2.05) is 6.92 Å². The molecule has 0 aliphatic heterocycles. The average Bonchev–Trinajstić information content (AvgIpc) is 2.66. The third-order valence-corrected chi connectivity index (χ3v) is 3.52. The predicted octanol–water partition coefficient (Wildman–Crippen LogP) is 2.00. The van der Waals surface area contributed by atoms with Gasteiger partial charge in [-0.25, -0.2) is 4.79 Å². The van der Waals surface area contributed by atoms with Crippen LogP contribution in [0.5, 0.6) is 11.5 Å². The number of alkyl carbamates (subject to hydrolysis) is 1. The Morgan fingerprint density at radius 1 is 0.833 bits per heavy atom. The Hall–Kier alpha value is -2.97. The SMILES string of the molecule is CCOc1ccc(OCC(=O)NCCCNC(=O)CCNC(=O)OC(C)(C)C)cc1. The quantitative estimate of drug-likeness (QED) is 0.443. The molecule has 0 aromatic heterocycles. The fraction of sp³-hybridized carbons (Fsp3) is 0.571. The summed E-state index contributed by atoms with van der Waals surface area (Å²) in [4.78, 5) is 35.0. The number of carbonyl (C=O) groups is 3. The monoisotopic (exact) mass is 423 g/mol. The summed E-state index contributed by atoms with van der Waals surface area (Å²) in [6, 6.07) is 7.04. The van der Waals surface area contributed by atoms with Crippen LogP contribution in [0.4, 0.5) is 4.79 Å². The average molecular weight is 424 g/mol. The summed E-state index contributed by atoms with van der Waals surface area (Å²) in [7, 11) is 0. The standard InChI is InChI=1S/C21H33N3O6/c1-5-28-16-7-9-17(10-8-16)29-15-19(26)23-13-6-12-22-18(25)11-14-24-20(27)30-21(2,3)4/h7-10H,5-6,11-15H2,1-4H3,(H,22,25)(H,23,26)(H,24,27). The summed E-state index contributed by atoms with van der Waals surface area (Å²) < 4.78 is 15.8. The third-order valence-electron chi connectivity index (χ3n) is 3.52. The lowest BCUT2D eigenvalue weighted by atomic mass is 10.2. The van der Waals surface area contributed by atoms with E-state index in [0.29, 0.717) is 31.9 Å². The van der Waals surface area contributed by atoms with E-state index in [-0.39, 0.29) is 31.4 Å². The van der Waals surface area contributed by atoms with Crippen LogP contribution in [0.15, 0.2) is 24.3 Å². The first-order valence-electron chi connectivity index (χ1n) is 10.1. The Morgan fingerprint density at radius 3 is 1.97 bits per heavy atom. The molecule has 9 nitrogen and oxygen atoms in total. The van der Waals surface area contributed by atoms with Gasteiger partial charge in [-0.05, 0) is 58.4 Å². The molecule has 0 saturated heterocycles. The minimum Gasteiger partial charge on any atom is -0.494 e. The molecule has 3 amide bonds. The van der Waals surface area contributed by atoms with Crippen molar-refractivity contribution in [3.05, 3.63) is 24.3 Å². The number of ether oxygens (including phenoxy) is 3. The van der Waals surface area contributed by atoms with E-state index in [1.165, 1.54) is 0 Å². The Labute approximate surface area is 177 Å². The first kappa shape index (κ1) is 25.1. The van der Waals surface area contributed by atoms with Gasteiger partial charge in [-0.3, -0.25) is 9.59 Å². The number of hydrogen-bond donors (Lipinski definition) is 3. The second-order valence-corrected chi connectivity index (χ2v) is 7.43. The molecular weight excluding hydrogens is 390 g/mol. The molecule has 1 rings (SSSR count). The van der Waals surface area contributed by atoms with Crippen molar-refractivity contribution in [2.75, 3.05) is 32.8 Å². The van der Waals surface area contributed by atoms with Crippen molar-refractivity contribution < 1.29 is 28.6 Å². The van der Waals surface area contributed by atoms with Crippen LogP contribution in [0, 0.1) is 0 Å². The number of rotatable bonds is 12. The maximum atomic E-state index is 11.8. The van der Waals surface area contributed by atoms with Crippen molar-refractivity contribution >= 4 is 17.9 Å². The molecule has 0 spiro atoms. The van der Waals surface area contributed by atoms with Crippen LogP contribution in [0.25, 0.3) is 0 Å². The van der Waals surface area contributed by atoms with Gasteiger partial charge < -0.3 is 30.2 Å². The minimum absolute atomic E-state index is 0.0866. The fourth-order valence-corrected chi connectivity index (χ4v) is 2.22. The van der Waals surface area contributed by atoms with Gasteiger partial charge in [-0.15, -0.1) is 0 Å². The smallest absolute Gasteiger partial charge is 0.407 e. The molecule has 9 heteroatoms. The molecule has 30 heavy (non-hydrogen) atoms. The molecule has 0 atom stereocenters. The minimum atomic E-state index is -0.573. The maximum Gasteiger partial charge on any atom is 0.407 e. The van der Waals surface area contributed by atoms with Gasteiger partial charge in [0.15, 0.2) is 6.61 Å². The summed E-state index contributed by atoms with van der Waals surface area (Å²) in [5.41, 5.74) is -0.573. The van der Waals surface area contributed by atoms with E-state index in [1.54, 1.807) is 45.0 Å². The van der Waals surface area contributed by atoms with Gasteiger partial charge in [-0.1, -0.05) is 0 Å². The number of carbonyl (C=O) groups excluding carboxylic acids is 3. The van der Waals surface area contributed by atoms with E-state index in [0.717, 1.165) is 5.75 Å². The molecule has 0 saturated carbocycles. The van der Waals surface area contributed by atoms with Crippen LogP contribution in [0.3, 0.4) is 0 Å². The van der Waals surface area contributed by atoms with E-state index in [4.69, 9.17) is 14.2 Å². The predicted molar refractivity (Wildman–Crippen MR) is 113 cm³/mol. The molecule has 1 aromatic rings. The van der Waals surface area contributed by atoms with Gasteiger partial charge in [0.25, 0.3) is 5.91 Å². The molecular formula is C21H33N3O6. The molecule has 0 radical (unpaired) electrons. The fourth-order valence-electron chi connectivity index (χ4n) is 2.22. The molecule has 0 aliphatic rings. The van der Waals surface area contributed by atoms with Crippen molar-refractivity contribution in [2.24, 2.45) is 0 Å². The first-order chi connectivity index (χ1) is 14.2. The topological polar surface area (TPSA) is 115 Å². The Kier molecular flexibility index (Phi) is 11.1. The molecule has 0 unspecified atom stereocenters. The Bertz CT molecular complexity index is 670. The van der Waals surface area contributed by atoms with Crippen LogP contribution in [-0.4, -0.2) is 56.4 Å². The van der Waals surface area contributed by atoms with Gasteiger partial charge in [-0.2, -0.15) is 0 Å². The van der Waals surface area contributed by atoms with Crippen molar-refractivity contribution in [3.8, 4) is 11.5 Å². The van der Waals surface area contributed by atoms with Crippen LogP contribution in [0.1, 0.15) is 40.5 Å². The highest BCUT2D eigenvalue weighted by atomic mass is 16.6. The zero-order valence-electron chi connectivity index (χ0n) is 18.2. The van der Waals surface area contributed by atoms with Gasteiger partial charge in [0.2, 0.25) is 5.91 Å². The zero-order valence-corrected chi connectivity index (χ0v) is 18.2. The lowest BCUT2D eigenvalue weighted by Crippen LogP contribution is -2.36. The second kappa shape index (κ2) is 13.3. The van der Waals surface area contributed by atoms with Gasteiger partial charge in [0.1, 0.15) is 17.1 Å². The molecule has 168 valence electrons. The largest absolute Gasteiger partial charge is 0.494 e. The van der Waals surface area contributed by atoms with Crippen molar-refractivity contribution in [3.63, 3.8) is 0 Å². The lowest BCUT2D eigenvalue weighted by molar-refractivity contribution is -0.123. The molecule has 0 bridgehead atoms. The van der Waals surface area contributed by atoms with Gasteiger partial charge in [0.05, 0.1) is 6.61 Å². The summed E-state index contributed by atoms with van der Waals surface area (Å²) in [5.74, 6) is 0.908. The lowest BCUT2D eigenvalue weighted by Gasteiger charge is -2.19. The number of hydrogen-bond acceptors (Lipinski definition) is 6. The molecule has 1 aromatic carbocycles. The van der Waals surface area contributed by atoms with Crippen molar-refractivity contribution in [1.82, 2.24) is 16.0 Å². The normalized spacial score (nSPS) is 10.7. The number of amides is 3. The summed E-state index contributed by atoms with van der Waals surface area (Å²) in [6.07, 6.45) is 0.187. The van der Waals surface area contributed by atoms with Crippen LogP contribution in [-0.2, 0) is 14.3 Å². The Morgan fingerprint density at radius 2 is 1.40 bits per heavy atom. The zero-order chi connectivity index (χ0) is 22.4. The summed E-state index contributed by atoms with van der Waals surface area (Å²) >= 11 is 0. The summed E-state index contributed by atoms with van der Waals surface area (Å²) in [6.45, 7) is 8.75. The highest BCUT2D eigenvalue weighted by Gasteiger charge is 2.15. The number of benzene rings is 1. The van der Waals surface area contributed by atoms with Gasteiger partial charge >= 0.3 is 6.09 Å². The highest BCUT2D eigenvalue weighted by Crippen LogP contribution is 2.17. The van der Waals surface area contributed by atoms with E-state index in [9.17, 15) is 14.4 Å². The highest BCUT2D eigenvalue weighted by molar-refractivity contribution is 5.78. The van der Waals surface area contributed by atoms with Crippen LogP contribution >= 0.6 is 0 Å². The molecule has 0 heterocycles. The second-order valence-electron chi connectivity index (χ2n) is 7.43. The van der Waals surface area contributed by atoms with Crippen molar-refractivity contribution in [2.45, 2.75) is 46.1 Å². The van der Waals surface area contributed by atoms with Crippen LogP contribution in [0.2, 0.25) is 0 Å². The van der Waals surface area contributed by atoms with Crippen LogP contribution < -0.4 is 25.4 Å². The van der Waals surface area contributed by atoms with Crippen molar-refractivity contribution in [1.29, 1.82) is 0 Å². The molecule has 0 aliphatic carbocycles. The molecule has 3 N–H and O–H groups in total. The molecule has 0 fully saturated rings. The van der Waals surface area contributed by atoms with E-state index < -0.39 is 11.7 Å². The van der Waals surface area contributed by atoms with E-state index in [2.05, 4.69) is 16.0 Å². The Balaban J connectivity index is 2.05. The first-order valence-corrected chi connectivity index (χ1v) is 10.1. The van der Waals surface area contributed by atoms with Gasteiger partial charge in [0, 0.05) is 26.1 Å². The van der Waals surface area contributed by atoms with E-state index >= 15 is 0 Å². The third kappa shape index (κ3) is 12.5. The number of nitrogens with one attached hydrogen (secondary N) is 3. The summed E-state index contributed by atoms with van der Waals surface area (Å²) in [5, 5.41) is 7.97. The maximum absolute atomic E-state index is 11.8.